The molecular formula is C19H21ClN2O. The monoisotopic (exact) mass is 328 g/mol. The van der Waals surface area contributed by atoms with Crippen molar-refractivity contribution in [2.45, 2.75) is 12.3 Å². The Labute approximate surface area is 142 Å². The minimum atomic E-state index is 0.0666. The Hall–Kier alpha value is -2.00. The molecule has 0 aliphatic heterocycles. The van der Waals surface area contributed by atoms with Gasteiger partial charge in [0.2, 0.25) is 5.91 Å². The van der Waals surface area contributed by atoms with E-state index in [0.717, 1.165) is 29.2 Å². The number of hydrogen-bond acceptors (Lipinski definition) is 2. The summed E-state index contributed by atoms with van der Waals surface area (Å²) in [4.78, 5) is 14.4. The zero-order valence-corrected chi connectivity index (χ0v) is 14.0. The van der Waals surface area contributed by atoms with Gasteiger partial charge in [-0.15, -0.1) is 0 Å². The molecule has 2 aromatic rings. The van der Waals surface area contributed by atoms with E-state index in [-0.39, 0.29) is 17.7 Å². The standard InChI is InChI=1S/C19H21ClN2O/c1-22(14-7-3-2-4-8-14)12-11-21-19(23)17-13-16(17)15-9-5-6-10-18(15)20/h2-10,16-17H,11-13H2,1H3,(H,21,23). The molecule has 0 radical (unpaired) electrons. The van der Waals surface area contributed by atoms with Crippen LogP contribution >= 0.6 is 11.6 Å². The first kappa shape index (κ1) is 15.9. The first-order valence-electron chi connectivity index (χ1n) is 7.95. The molecule has 2 unspecified atom stereocenters. The number of benzene rings is 2. The van der Waals surface area contributed by atoms with Crippen molar-refractivity contribution in [2.75, 3.05) is 25.0 Å². The van der Waals surface area contributed by atoms with Gasteiger partial charge in [-0.2, -0.15) is 0 Å². The molecule has 4 heteroatoms. The second-order valence-electron chi connectivity index (χ2n) is 6.02. The van der Waals surface area contributed by atoms with Gasteiger partial charge >= 0.3 is 0 Å². The molecule has 1 N–H and O–H groups in total. The molecule has 2 atom stereocenters. The van der Waals surface area contributed by atoms with Crippen LogP contribution in [0, 0.1) is 5.92 Å². The first-order valence-corrected chi connectivity index (χ1v) is 8.33. The van der Waals surface area contributed by atoms with Crippen molar-refractivity contribution in [1.82, 2.24) is 5.32 Å². The maximum Gasteiger partial charge on any atom is 0.223 e. The summed E-state index contributed by atoms with van der Waals surface area (Å²) in [6, 6.07) is 18.0. The Morgan fingerprint density at radius 1 is 1.17 bits per heavy atom. The molecule has 1 amide bonds. The zero-order chi connectivity index (χ0) is 16.2. The summed E-state index contributed by atoms with van der Waals surface area (Å²) < 4.78 is 0. The van der Waals surface area contributed by atoms with Gasteiger partial charge in [0.25, 0.3) is 0 Å². The molecule has 23 heavy (non-hydrogen) atoms. The van der Waals surface area contributed by atoms with E-state index in [0.29, 0.717) is 6.54 Å². The van der Waals surface area contributed by atoms with Gasteiger partial charge in [0.15, 0.2) is 0 Å². The Morgan fingerprint density at radius 3 is 2.61 bits per heavy atom. The molecule has 2 aromatic carbocycles. The van der Waals surface area contributed by atoms with E-state index >= 15 is 0 Å². The lowest BCUT2D eigenvalue weighted by molar-refractivity contribution is -0.122. The van der Waals surface area contributed by atoms with Crippen LogP contribution in [-0.4, -0.2) is 26.0 Å². The number of rotatable bonds is 6. The lowest BCUT2D eigenvalue weighted by Crippen LogP contribution is -2.34. The van der Waals surface area contributed by atoms with Crippen molar-refractivity contribution in [3.63, 3.8) is 0 Å². The highest BCUT2D eigenvalue weighted by Gasteiger charge is 2.44. The fraction of sp³-hybridized carbons (Fsp3) is 0.316. The molecule has 120 valence electrons. The van der Waals surface area contributed by atoms with Crippen LogP contribution < -0.4 is 10.2 Å². The normalized spacial score (nSPS) is 19.2. The second kappa shape index (κ2) is 7.05. The van der Waals surface area contributed by atoms with Crippen LogP contribution in [0.25, 0.3) is 0 Å². The van der Waals surface area contributed by atoms with E-state index in [1.807, 2.05) is 49.5 Å². The predicted octanol–water partition coefficient (Wildman–Crippen LogP) is 3.70. The molecule has 1 aliphatic rings. The summed E-state index contributed by atoms with van der Waals surface area (Å²) in [6.07, 6.45) is 0.893. The number of nitrogens with zero attached hydrogens (tertiary/aromatic N) is 1. The number of carbonyl (C=O) groups excluding carboxylic acids is 1. The summed E-state index contributed by atoms with van der Waals surface area (Å²) >= 11 is 6.20. The average molecular weight is 329 g/mol. The second-order valence-corrected chi connectivity index (χ2v) is 6.43. The number of nitrogens with one attached hydrogen (secondary N) is 1. The van der Waals surface area contributed by atoms with Gasteiger partial charge in [0.1, 0.15) is 0 Å². The largest absolute Gasteiger partial charge is 0.373 e. The molecule has 0 heterocycles. The Balaban J connectivity index is 1.45. The lowest BCUT2D eigenvalue weighted by Gasteiger charge is -2.19. The van der Waals surface area contributed by atoms with Crippen molar-refractivity contribution in [1.29, 1.82) is 0 Å². The Kier molecular flexibility index (Phi) is 4.87. The third kappa shape index (κ3) is 3.85. The summed E-state index contributed by atoms with van der Waals surface area (Å²) in [5, 5.41) is 3.80. The molecule has 0 saturated heterocycles. The average Bonchev–Trinajstić information content (AvgIpc) is 3.36. The van der Waals surface area contributed by atoms with Gasteiger partial charge in [-0.05, 0) is 36.1 Å². The van der Waals surface area contributed by atoms with Gasteiger partial charge < -0.3 is 10.2 Å². The van der Waals surface area contributed by atoms with Crippen LogP contribution in [0.3, 0.4) is 0 Å². The number of carbonyl (C=O) groups is 1. The highest BCUT2D eigenvalue weighted by Crippen LogP contribution is 2.49. The maximum atomic E-state index is 12.2. The highest BCUT2D eigenvalue weighted by molar-refractivity contribution is 6.31. The van der Waals surface area contributed by atoms with Crippen LogP contribution in [-0.2, 0) is 4.79 Å². The number of para-hydroxylation sites is 1. The third-order valence-electron chi connectivity index (χ3n) is 4.38. The topological polar surface area (TPSA) is 32.3 Å². The van der Waals surface area contributed by atoms with Gasteiger partial charge in [-0.3, -0.25) is 4.79 Å². The van der Waals surface area contributed by atoms with Gasteiger partial charge in [0, 0.05) is 36.8 Å². The third-order valence-corrected chi connectivity index (χ3v) is 4.72. The zero-order valence-electron chi connectivity index (χ0n) is 13.2. The smallest absolute Gasteiger partial charge is 0.223 e. The van der Waals surface area contributed by atoms with Crippen LogP contribution in [0.4, 0.5) is 5.69 Å². The van der Waals surface area contributed by atoms with E-state index in [1.165, 1.54) is 0 Å². The van der Waals surface area contributed by atoms with E-state index in [4.69, 9.17) is 11.6 Å². The van der Waals surface area contributed by atoms with Crippen molar-refractivity contribution in [3.8, 4) is 0 Å². The molecule has 0 bridgehead atoms. The summed E-state index contributed by atoms with van der Waals surface area (Å²) in [5.74, 6) is 0.476. The van der Waals surface area contributed by atoms with Crippen molar-refractivity contribution < 1.29 is 4.79 Å². The Morgan fingerprint density at radius 2 is 1.87 bits per heavy atom. The van der Waals surface area contributed by atoms with E-state index in [1.54, 1.807) is 0 Å². The SMILES string of the molecule is CN(CCNC(=O)C1CC1c1ccccc1Cl)c1ccccc1. The van der Waals surface area contributed by atoms with Gasteiger partial charge in [-0.25, -0.2) is 0 Å². The quantitative estimate of drug-likeness (QED) is 0.877. The van der Waals surface area contributed by atoms with E-state index in [2.05, 4.69) is 22.3 Å². The van der Waals surface area contributed by atoms with Gasteiger partial charge in [0.05, 0.1) is 0 Å². The molecule has 3 rings (SSSR count). The van der Waals surface area contributed by atoms with E-state index in [9.17, 15) is 4.79 Å². The molecule has 1 fully saturated rings. The van der Waals surface area contributed by atoms with Crippen molar-refractivity contribution >= 4 is 23.2 Å². The number of likely N-dealkylation sites (N-methyl/N-ethyl adjacent to an activating group) is 1. The molecule has 3 nitrogen and oxygen atoms in total. The number of hydrogen-bond donors (Lipinski definition) is 1. The first-order chi connectivity index (χ1) is 11.2. The molecular weight excluding hydrogens is 308 g/mol. The predicted molar refractivity (Wildman–Crippen MR) is 95.0 cm³/mol. The minimum Gasteiger partial charge on any atom is -0.373 e. The van der Waals surface area contributed by atoms with E-state index < -0.39 is 0 Å². The van der Waals surface area contributed by atoms with Crippen molar-refractivity contribution in [2.24, 2.45) is 5.92 Å². The summed E-state index contributed by atoms with van der Waals surface area (Å²) in [6.45, 7) is 1.44. The van der Waals surface area contributed by atoms with Crippen LogP contribution in [0.2, 0.25) is 5.02 Å². The fourth-order valence-corrected chi connectivity index (χ4v) is 3.17. The van der Waals surface area contributed by atoms with Gasteiger partial charge in [-0.1, -0.05) is 48.0 Å². The maximum absolute atomic E-state index is 12.2. The number of amides is 1. The highest BCUT2D eigenvalue weighted by atomic mass is 35.5. The fourth-order valence-electron chi connectivity index (χ4n) is 2.89. The Bertz CT molecular complexity index is 674. The molecule has 0 spiro atoms. The minimum absolute atomic E-state index is 0.0666. The lowest BCUT2D eigenvalue weighted by atomic mass is 10.1. The van der Waals surface area contributed by atoms with Crippen LogP contribution in [0.15, 0.2) is 54.6 Å². The van der Waals surface area contributed by atoms with Crippen LogP contribution in [0.5, 0.6) is 0 Å². The summed E-state index contributed by atoms with van der Waals surface area (Å²) in [5.41, 5.74) is 2.25. The van der Waals surface area contributed by atoms with Crippen molar-refractivity contribution in [3.05, 3.63) is 65.2 Å². The molecule has 1 saturated carbocycles. The summed E-state index contributed by atoms with van der Waals surface area (Å²) in [7, 11) is 2.03. The molecule has 1 aliphatic carbocycles. The van der Waals surface area contributed by atoms with Crippen LogP contribution in [0.1, 0.15) is 17.9 Å². The number of anilines is 1. The number of halogens is 1. The molecule has 0 aromatic heterocycles.